The third-order valence-corrected chi connectivity index (χ3v) is 4.19. The van der Waals surface area contributed by atoms with Crippen molar-refractivity contribution in [2.45, 2.75) is 27.2 Å². The number of nitrogens with one attached hydrogen (secondary N) is 1. The first-order chi connectivity index (χ1) is 13.8. The predicted octanol–water partition coefficient (Wildman–Crippen LogP) is 3.45. The van der Waals surface area contributed by atoms with Crippen LogP contribution in [0.25, 0.3) is 0 Å². The van der Waals surface area contributed by atoms with Gasteiger partial charge in [-0.05, 0) is 50.2 Å². The number of ketones is 1. The largest absolute Gasteiger partial charge is 0.462 e. The number of rotatable bonds is 8. The molecule has 2 aromatic carbocycles. The van der Waals surface area contributed by atoms with Crippen LogP contribution in [0.3, 0.4) is 0 Å². The van der Waals surface area contributed by atoms with Gasteiger partial charge >= 0.3 is 5.97 Å². The Morgan fingerprint density at radius 1 is 0.966 bits per heavy atom. The third-order valence-electron chi connectivity index (χ3n) is 4.19. The van der Waals surface area contributed by atoms with Crippen molar-refractivity contribution < 1.29 is 23.9 Å². The van der Waals surface area contributed by atoms with Gasteiger partial charge in [0.25, 0.3) is 0 Å². The molecule has 0 unspecified atom stereocenters. The van der Waals surface area contributed by atoms with Gasteiger partial charge in [-0.1, -0.05) is 12.1 Å². The van der Waals surface area contributed by atoms with E-state index in [0.29, 0.717) is 22.5 Å². The van der Waals surface area contributed by atoms with Crippen molar-refractivity contribution in [1.82, 2.24) is 0 Å². The molecule has 0 radical (unpaired) electrons. The molecule has 1 N–H and O–H groups in total. The van der Waals surface area contributed by atoms with Gasteiger partial charge < -0.3 is 15.0 Å². The van der Waals surface area contributed by atoms with Gasteiger partial charge in [0.15, 0.2) is 5.78 Å². The lowest BCUT2D eigenvalue weighted by molar-refractivity contribution is -0.117. The minimum Gasteiger partial charge on any atom is -0.462 e. The number of Topliss-reactive ketones (excluding diaryl/α,β-unsaturated/α-hetero) is 1. The summed E-state index contributed by atoms with van der Waals surface area (Å²) in [6, 6.07) is 13.1. The summed E-state index contributed by atoms with van der Waals surface area (Å²) < 4.78 is 4.94. The number of carbonyl (C=O) groups is 4. The summed E-state index contributed by atoms with van der Waals surface area (Å²) in [6.07, 6.45) is 0.0729. The topological polar surface area (TPSA) is 92.8 Å². The van der Waals surface area contributed by atoms with Crippen molar-refractivity contribution in [2.75, 3.05) is 23.4 Å². The Morgan fingerprint density at radius 3 is 2.24 bits per heavy atom. The van der Waals surface area contributed by atoms with Crippen molar-refractivity contribution >= 4 is 34.9 Å². The van der Waals surface area contributed by atoms with Crippen LogP contribution in [-0.4, -0.2) is 36.7 Å². The van der Waals surface area contributed by atoms with Crippen LogP contribution in [0.5, 0.6) is 0 Å². The van der Waals surface area contributed by atoms with Gasteiger partial charge in [0.1, 0.15) is 0 Å². The molecule has 0 atom stereocenters. The summed E-state index contributed by atoms with van der Waals surface area (Å²) in [7, 11) is 0. The van der Waals surface area contributed by atoms with Gasteiger partial charge in [-0.2, -0.15) is 0 Å². The van der Waals surface area contributed by atoms with Crippen LogP contribution in [0, 0.1) is 0 Å². The molecule has 2 aromatic rings. The average Bonchev–Trinajstić information content (AvgIpc) is 2.68. The maximum Gasteiger partial charge on any atom is 0.338 e. The molecule has 0 aromatic heterocycles. The van der Waals surface area contributed by atoms with E-state index < -0.39 is 5.97 Å². The molecule has 2 rings (SSSR count). The molecule has 0 heterocycles. The molecule has 0 saturated heterocycles. The second-order valence-corrected chi connectivity index (χ2v) is 6.37. The Labute approximate surface area is 169 Å². The molecule has 0 aliphatic rings. The normalized spacial score (nSPS) is 10.2. The molecule has 2 amide bonds. The molecule has 0 spiro atoms. The molecule has 0 aliphatic carbocycles. The number of esters is 1. The van der Waals surface area contributed by atoms with Gasteiger partial charge in [0.2, 0.25) is 11.8 Å². The lowest BCUT2D eigenvalue weighted by atomic mass is 10.1. The standard InChI is InChI=1S/C22H24N2O5/c1-4-29-22(28)17-8-10-20(11-9-17)24(16(3)26)13-12-21(27)23-19-7-5-6-18(14-19)15(2)25/h5-11,14H,4,12-13H2,1-3H3,(H,23,27). The number of amides is 2. The molecular weight excluding hydrogens is 372 g/mol. The highest BCUT2D eigenvalue weighted by Crippen LogP contribution is 2.17. The van der Waals surface area contributed by atoms with Crippen LogP contribution >= 0.6 is 0 Å². The highest BCUT2D eigenvalue weighted by molar-refractivity contribution is 5.98. The number of hydrogen-bond donors (Lipinski definition) is 1. The lowest BCUT2D eigenvalue weighted by Crippen LogP contribution is -2.32. The van der Waals surface area contributed by atoms with Crippen molar-refractivity contribution in [3.63, 3.8) is 0 Å². The summed E-state index contributed by atoms with van der Waals surface area (Å²) in [6.45, 7) is 5.05. The van der Waals surface area contributed by atoms with E-state index in [1.165, 1.54) is 18.7 Å². The fraction of sp³-hybridized carbons (Fsp3) is 0.273. The Hall–Kier alpha value is -3.48. The Bertz CT molecular complexity index is 906. The number of carbonyl (C=O) groups excluding carboxylic acids is 4. The summed E-state index contributed by atoms with van der Waals surface area (Å²) in [5, 5.41) is 2.73. The number of nitrogens with zero attached hydrogens (tertiary/aromatic N) is 1. The molecule has 152 valence electrons. The third kappa shape index (κ3) is 6.27. The van der Waals surface area contributed by atoms with E-state index in [1.807, 2.05) is 0 Å². The van der Waals surface area contributed by atoms with Gasteiger partial charge in [-0.15, -0.1) is 0 Å². The maximum absolute atomic E-state index is 12.3. The minimum absolute atomic E-state index is 0.0729. The number of ether oxygens (including phenoxy) is 1. The average molecular weight is 396 g/mol. The number of benzene rings is 2. The Balaban J connectivity index is 2.01. The second kappa shape index (κ2) is 10.2. The number of anilines is 2. The molecule has 7 nitrogen and oxygen atoms in total. The molecule has 29 heavy (non-hydrogen) atoms. The van der Waals surface area contributed by atoms with E-state index in [4.69, 9.17) is 4.74 Å². The first kappa shape index (κ1) is 21.8. The van der Waals surface area contributed by atoms with Crippen molar-refractivity contribution in [3.05, 3.63) is 59.7 Å². The van der Waals surface area contributed by atoms with Gasteiger partial charge in [-0.25, -0.2) is 4.79 Å². The van der Waals surface area contributed by atoms with E-state index in [-0.39, 0.29) is 37.2 Å². The zero-order chi connectivity index (χ0) is 21.4. The van der Waals surface area contributed by atoms with E-state index in [0.717, 1.165) is 0 Å². The van der Waals surface area contributed by atoms with Crippen LogP contribution in [-0.2, 0) is 14.3 Å². The zero-order valence-corrected chi connectivity index (χ0v) is 16.7. The lowest BCUT2D eigenvalue weighted by Gasteiger charge is -2.21. The first-order valence-electron chi connectivity index (χ1n) is 9.28. The summed E-state index contributed by atoms with van der Waals surface area (Å²) in [5.41, 5.74) is 2.00. The van der Waals surface area contributed by atoms with E-state index in [2.05, 4.69) is 5.32 Å². The van der Waals surface area contributed by atoms with Crippen LogP contribution < -0.4 is 10.2 Å². The van der Waals surface area contributed by atoms with Gasteiger partial charge in [0, 0.05) is 36.8 Å². The van der Waals surface area contributed by atoms with Gasteiger partial charge in [0.05, 0.1) is 12.2 Å². The van der Waals surface area contributed by atoms with Crippen molar-refractivity contribution in [3.8, 4) is 0 Å². The van der Waals surface area contributed by atoms with Crippen LogP contribution in [0.4, 0.5) is 11.4 Å². The minimum atomic E-state index is -0.430. The SMILES string of the molecule is CCOC(=O)c1ccc(N(CCC(=O)Nc2cccc(C(C)=O)c2)C(C)=O)cc1. The number of hydrogen-bond acceptors (Lipinski definition) is 5. The monoisotopic (exact) mass is 396 g/mol. The fourth-order valence-electron chi connectivity index (χ4n) is 2.71. The summed E-state index contributed by atoms with van der Waals surface area (Å²) in [5.74, 6) is -1.02. The molecule has 0 fully saturated rings. The fourth-order valence-corrected chi connectivity index (χ4v) is 2.71. The summed E-state index contributed by atoms with van der Waals surface area (Å²) >= 11 is 0. The maximum atomic E-state index is 12.3. The first-order valence-corrected chi connectivity index (χ1v) is 9.28. The van der Waals surface area contributed by atoms with Gasteiger partial charge in [-0.3, -0.25) is 14.4 Å². The quantitative estimate of drug-likeness (QED) is 0.545. The predicted molar refractivity (Wildman–Crippen MR) is 110 cm³/mol. The van der Waals surface area contributed by atoms with Crippen LogP contribution in [0.2, 0.25) is 0 Å². The molecular formula is C22H24N2O5. The van der Waals surface area contributed by atoms with Crippen LogP contribution in [0.15, 0.2) is 48.5 Å². The highest BCUT2D eigenvalue weighted by Gasteiger charge is 2.15. The van der Waals surface area contributed by atoms with E-state index in [1.54, 1.807) is 55.5 Å². The Kier molecular flexibility index (Phi) is 7.65. The van der Waals surface area contributed by atoms with E-state index >= 15 is 0 Å². The smallest absolute Gasteiger partial charge is 0.338 e. The molecule has 0 bridgehead atoms. The summed E-state index contributed by atoms with van der Waals surface area (Å²) in [4.78, 5) is 48.9. The highest BCUT2D eigenvalue weighted by atomic mass is 16.5. The van der Waals surface area contributed by atoms with Crippen molar-refractivity contribution in [1.29, 1.82) is 0 Å². The van der Waals surface area contributed by atoms with Crippen LogP contribution in [0.1, 0.15) is 47.9 Å². The molecule has 0 saturated carbocycles. The second-order valence-electron chi connectivity index (χ2n) is 6.37. The molecule has 0 aliphatic heterocycles. The van der Waals surface area contributed by atoms with E-state index in [9.17, 15) is 19.2 Å². The molecule has 7 heteroatoms. The zero-order valence-electron chi connectivity index (χ0n) is 16.7. The Morgan fingerprint density at radius 2 is 1.66 bits per heavy atom. The van der Waals surface area contributed by atoms with Crippen molar-refractivity contribution in [2.24, 2.45) is 0 Å².